The Balaban J connectivity index is 2.00. The predicted molar refractivity (Wildman–Crippen MR) is 83.6 cm³/mol. The van der Waals surface area contributed by atoms with E-state index in [4.69, 9.17) is 4.74 Å². The summed E-state index contributed by atoms with van der Waals surface area (Å²) < 4.78 is 5.38. The van der Waals surface area contributed by atoms with Crippen LogP contribution in [-0.4, -0.2) is 62.0 Å². The van der Waals surface area contributed by atoms with Gasteiger partial charge in [0.15, 0.2) is 0 Å². The SMILES string of the molecule is COc1ccccc1C(C)N(C)CC(=O)N1CCNC(=O)C1. The zero-order valence-corrected chi connectivity index (χ0v) is 13.3. The van der Waals surface area contributed by atoms with Crippen LogP contribution in [0.25, 0.3) is 0 Å². The molecule has 1 heterocycles. The van der Waals surface area contributed by atoms with Crippen LogP contribution in [-0.2, 0) is 9.59 Å². The Morgan fingerprint density at radius 3 is 2.86 bits per heavy atom. The molecule has 1 N–H and O–H groups in total. The van der Waals surface area contributed by atoms with Gasteiger partial charge in [-0.25, -0.2) is 0 Å². The quantitative estimate of drug-likeness (QED) is 0.867. The summed E-state index contributed by atoms with van der Waals surface area (Å²) in [5.74, 6) is 0.686. The topological polar surface area (TPSA) is 61.9 Å². The molecule has 120 valence electrons. The molecular weight excluding hydrogens is 282 g/mol. The van der Waals surface area contributed by atoms with Gasteiger partial charge in [-0.1, -0.05) is 18.2 Å². The van der Waals surface area contributed by atoms with Crippen molar-refractivity contribution in [2.45, 2.75) is 13.0 Å². The Bertz CT molecular complexity index is 547. The summed E-state index contributed by atoms with van der Waals surface area (Å²) in [6, 6.07) is 7.83. The fourth-order valence-corrected chi connectivity index (χ4v) is 2.55. The van der Waals surface area contributed by atoms with Gasteiger partial charge in [0.1, 0.15) is 5.75 Å². The second-order valence-electron chi connectivity index (χ2n) is 5.50. The van der Waals surface area contributed by atoms with Crippen molar-refractivity contribution in [2.24, 2.45) is 0 Å². The first-order valence-corrected chi connectivity index (χ1v) is 7.40. The highest BCUT2D eigenvalue weighted by atomic mass is 16.5. The minimum absolute atomic E-state index is 0.0286. The van der Waals surface area contributed by atoms with Crippen LogP contribution in [0.3, 0.4) is 0 Å². The van der Waals surface area contributed by atoms with Crippen molar-refractivity contribution in [3.63, 3.8) is 0 Å². The summed E-state index contributed by atoms with van der Waals surface area (Å²) in [7, 11) is 3.54. The maximum atomic E-state index is 12.3. The predicted octanol–water partition coefficient (Wildman–Crippen LogP) is 0.646. The lowest BCUT2D eigenvalue weighted by molar-refractivity contribution is -0.139. The number of hydrogen-bond acceptors (Lipinski definition) is 4. The molecule has 22 heavy (non-hydrogen) atoms. The summed E-state index contributed by atoms with van der Waals surface area (Å²) in [5.41, 5.74) is 1.04. The Morgan fingerprint density at radius 1 is 1.45 bits per heavy atom. The van der Waals surface area contributed by atoms with Gasteiger partial charge >= 0.3 is 0 Å². The first kappa shape index (κ1) is 16.3. The number of para-hydroxylation sites is 1. The Kier molecular flexibility index (Phi) is 5.38. The van der Waals surface area contributed by atoms with Crippen molar-refractivity contribution in [1.82, 2.24) is 15.1 Å². The van der Waals surface area contributed by atoms with E-state index in [1.165, 1.54) is 0 Å². The van der Waals surface area contributed by atoms with Gasteiger partial charge < -0.3 is 15.0 Å². The molecule has 0 saturated carbocycles. The lowest BCUT2D eigenvalue weighted by Gasteiger charge is -2.31. The molecule has 1 aliphatic rings. The molecule has 1 saturated heterocycles. The van der Waals surface area contributed by atoms with E-state index in [1.807, 2.05) is 43.1 Å². The number of ether oxygens (including phenoxy) is 1. The molecule has 1 unspecified atom stereocenters. The first-order chi connectivity index (χ1) is 10.5. The standard InChI is InChI=1S/C16H23N3O3/c1-12(13-6-4-5-7-14(13)22-3)18(2)11-16(21)19-9-8-17-15(20)10-19/h4-7,12H,8-11H2,1-3H3,(H,17,20). The highest BCUT2D eigenvalue weighted by molar-refractivity contribution is 5.86. The normalized spacial score (nSPS) is 16.4. The fraction of sp³-hybridized carbons (Fsp3) is 0.500. The second-order valence-corrected chi connectivity index (χ2v) is 5.50. The molecule has 0 aromatic heterocycles. The molecule has 1 aromatic rings. The van der Waals surface area contributed by atoms with E-state index in [2.05, 4.69) is 5.32 Å². The molecular formula is C16H23N3O3. The fourth-order valence-electron chi connectivity index (χ4n) is 2.55. The van der Waals surface area contributed by atoms with E-state index < -0.39 is 0 Å². The Labute approximate surface area is 131 Å². The van der Waals surface area contributed by atoms with Crippen molar-refractivity contribution in [2.75, 3.05) is 40.3 Å². The molecule has 0 radical (unpaired) electrons. The summed E-state index contributed by atoms with van der Waals surface area (Å²) in [5, 5.41) is 2.72. The van der Waals surface area contributed by atoms with E-state index in [0.717, 1.165) is 11.3 Å². The highest BCUT2D eigenvalue weighted by Gasteiger charge is 2.24. The number of piperazine rings is 1. The third-order valence-electron chi connectivity index (χ3n) is 4.03. The van der Waals surface area contributed by atoms with Crippen LogP contribution < -0.4 is 10.1 Å². The summed E-state index contributed by atoms with van der Waals surface area (Å²) in [6.07, 6.45) is 0. The molecule has 1 fully saturated rings. The van der Waals surface area contributed by atoms with Crippen molar-refractivity contribution < 1.29 is 14.3 Å². The van der Waals surface area contributed by atoms with Crippen LogP contribution in [0.15, 0.2) is 24.3 Å². The van der Waals surface area contributed by atoms with Gasteiger partial charge in [-0.15, -0.1) is 0 Å². The van der Waals surface area contributed by atoms with Crippen molar-refractivity contribution in [3.05, 3.63) is 29.8 Å². The monoisotopic (exact) mass is 305 g/mol. The van der Waals surface area contributed by atoms with E-state index in [1.54, 1.807) is 12.0 Å². The summed E-state index contributed by atoms with van der Waals surface area (Å²) in [6.45, 7) is 3.55. The van der Waals surface area contributed by atoms with E-state index in [-0.39, 0.29) is 30.9 Å². The van der Waals surface area contributed by atoms with Crippen LogP contribution in [0.5, 0.6) is 5.75 Å². The number of benzene rings is 1. The number of rotatable bonds is 5. The Morgan fingerprint density at radius 2 is 2.18 bits per heavy atom. The van der Waals surface area contributed by atoms with Crippen molar-refractivity contribution in [3.8, 4) is 5.75 Å². The minimum Gasteiger partial charge on any atom is -0.496 e. The number of methoxy groups -OCH3 is 1. The average molecular weight is 305 g/mol. The average Bonchev–Trinajstić information content (AvgIpc) is 2.54. The molecule has 1 atom stereocenters. The summed E-state index contributed by atoms with van der Waals surface area (Å²) >= 11 is 0. The number of likely N-dealkylation sites (N-methyl/N-ethyl adjacent to an activating group) is 1. The number of nitrogens with one attached hydrogen (secondary N) is 1. The largest absolute Gasteiger partial charge is 0.496 e. The van der Waals surface area contributed by atoms with Crippen LogP contribution in [0.1, 0.15) is 18.5 Å². The molecule has 2 rings (SSSR count). The number of carbonyl (C=O) groups excluding carboxylic acids is 2. The van der Waals surface area contributed by atoms with Gasteiger partial charge in [0.25, 0.3) is 0 Å². The van der Waals surface area contributed by atoms with Gasteiger partial charge in [0.05, 0.1) is 20.2 Å². The first-order valence-electron chi connectivity index (χ1n) is 7.40. The molecule has 1 aromatic carbocycles. The van der Waals surface area contributed by atoms with Crippen LogP contribution in [0.4, 0.5) is 0 Å². The molecule has 0 aliphatic carbocycles. The minimum atomic E-state index is -0.0972. The maximum absolute atomic E-state index is 12.3. The van der Waals surface area contributed by atoms with Gasteiger partial charge in [-0.05, 0) is 20.0 Å². The highest BCUT2D eigenvalue weighted by Crippen LogP contribution is 2.27. The lowest BCUT2D eigenvalue weighted by atomic mass is 10.1. The zero-order chi connectivity index (χ0) is 16.1. The van der Waals surface area contributed by atoms with Crippen LogP contribution >= 0.6 is 0 Å². The zero-order valence-electron chi connectivity index (χ0n) is 13.3. The lowest BCUT2D eigenvalue weighted by Crippen LogP contribution is -2.52. The second kappa shape index (κ2) is 7.26. The van der Waals surface area contributed by atoms with E-state index in [0.29, 0.717) is 13.1 Å². The number of amides is 2. The molecule has 6 heteroatoms. The molecule has 1 aliphatic heterocycles. The number of nitrogens with zero attached hydrogens (tertiary/aromatic N) is 2. The smallest absolute Gasteiger partial charge is 0.239 e. The molecule has 6 nitrogen and oxygen atoms in total. The van der Waals surface area contributed by atoms with Gasteiger partial charge in [-0.2, -0.15) is 0 Å². The summed E-state index contributed by atoms with van der Waals surface area (Å²) in [4.78, 5) is 27.3. The van der Waals surface area contributed by atoms with Gasteiger partial charge in [0, 0.05) is 24.7 Å². The Hall–Kier alpha value is -2.08. The third kappa shape index (κ3) is 3.76. The number of hydrogen-bond donors (Lipinski definition) is 1. The van der Waals surface area contributed by atoms with E-state index in [9.17, 15) is 9.59 Å². The molecule has 0 spiro atoms. The number of carbonyl (C=O) groups is 2. The van der Waals surface area contributed by atoms with Crippen molar-refractivity contribution >= 4 is 11.8 Å². The van der Waals surface area contributed by atoms with E-state index >= 15 is 0 Å². The maximum Gasteiger partial charge on any atom is 0.239 e. The van der Waals surface area contributed by atoms with Gasteiger partial charge in [-0.3, -0.25) is 14.5 Å². The van der Waals surface area contributed by atoms with Crippen LogP contribution in [0.2, 0.25) is 0 Å². The third-order valence-corrected chi connectivity index (χ3v) is 4.03. The molecule has 0 bridgehead atoms. The molecule has 2 amide bonds. The van der Waals surface area contributed by atoms with Gasteiger partial charge in [0.2, 0.25) is 11.8 Å². The van der Waals surface area contributed by atoms with Crippen LogP contribution in [0, 0.1) is 0 Å². The van der Waals surface area contributed by atoms with Crippen molar-refractivity contribution in [1.29, 1.82) is 0 Å².